The Hall–Kier alpha value is -3.64. The number of hydrogen-bond donors (Lipinski definition) is 1. The summed E-state index contributed by atoms with van der Waals surface area (Å²) in [6.45, 7) is 0. The van der Waals surface area contributed by atoms with Crippen molar-refractivity contribution in [1.82, 2.24) is 14.5 Å². The summed E-state index contributed by atoms with van der Waals surface area (Å²) in [5, 5.41) is 0.449. The van der Waals surface area contributed by atoms with Gasteiger partial charge in [0, 0.05) is 36.5 Å². The summed E-state index contributed by atoms with van der Waals surface area (Å²) >= 11 is 0. The van der Waals surface area contributed by atoms with Gasteiger partial charge in [0.15, 0.2) is 22.9 Å². The Morgan fingerprint density at radius 3 is 2.71 bits per heavy atom. The minimum atomic E-state index is -1.45. The van der Waals surface area contributed by atoms with E-state index in [0.717, 1.165) is 12.1 Å². The van der Waals surface area contributed by atoms with Crippen LogP contribution in [0.2, 0.25) is 0 Å². The minimum absolute atomic E-state index is 0. The van der Waals surface area contributed by atoms with Crippen molar-refractivity contribution in [2.75, 3.05) is 11.0 Å². The number of benzene rings is 1. The van der Waals surface area contributed by atoms with Gasteiger partial charge in [0.1, 0.15) is 22.5 Å². The molecule has 0 spiro atoms. The monoisotopic (exact) mass is 450 g/mol. The molecule has 12 heteroatoms. The number of rotatable bonds is 5. The molecular weight excluding hydrogens is 434 g/mol. The van der Waals surface area contributed by atoms with Gasteiger partial charge in [-0.25, -0.2) is 23.0 Å². The van der Waals surface area contributed by atoms with E-state index in [4.69, 9.17) is 9.15 Å². The lowest BCUT2D eigenvalue weighted by Gasteiger charge is -2.13. The highest BCUT2D eigenvalue weighted by Gasteiger charge is 2.20. The van der Waals surface area contributed by atoms with E-state index < -0.39 is 22.6 Å². The normalized spacial score (nSPS) is 11.7. The van der Waals surface area contributed by atoms with Crippen molar-refractivity contribution in [3.05, 3.63) is 64.9 Å². The number of furan rings is 1. The molecule has 1 atom stereocenters. The summed E-state index contributed by atoms with van der Waals surface area (Å²) in [4.78, 5) is 20.7. The van der Waals surface area contributed by atoms with Gasteiger partial charge in [-0.3, -0.25) is 9.52 Å². The van der Waals surface area contributed by atoms with E-state index in [2.05, 4.69) is 14.7 Å². The molecule has 0 aliphatic heterocycles. The van der Waals surface area contributed by atoms with E-state index in [1.54, 1.807) is 6.07 Å². The maximum absolute atomic E-state index is 14.1. The average Bonchev–Trinajstić information content (AvgIpc) is 3.18. The zero-order valence-corrected chi connectivity index (χ0v) is 17.0. The Kier molecular flexibility index (Phi) is 6.13. The summed E-state index contributed by atoms with van der Waals surface area (Å²) in [7, 11) is 0.0864. The topological polar surface area (TPSA) is 131 Å². The van der Waals surface area contributed by atoms with Gasteiger partial charge in [-0.05, 0) is 18.2 Å². The number of aromatic nitrogens is 3. The molecule has 0 radical (unpaired) electrons. The van der Waals surface area contributed by atoms with Crippen molar-refractivity contribution >= 4 is 27.9 Å². The van der Waals surface area contributed by atoms with Crippen LogP contribution in [-0.4, -0.2) is 30.5 Å². The number of pyridine rings is 1. The second-order valence-electron chi connectivity index (χ2n) is 6.26. The molecule has 0 aliphatic rings. The van der Waals surface area contributed by atoms with Gasteiger partial charge in [0.2, 0.25) is 5.95 Å². The summed E-state index contributed by atoms with van der Waals surface area (Å²) in [6.07, 6.45) is 5.54. The van der Waals surface area contributed by atoms with Crippen LogP contribution < -0.4 is 15.0 Å². The molecule has 0 fully saturated rings. The summed E-state index contributed by atoms with van der Waals surface area (Å²) in [6, 6.07) is 4.46. The number of anilines is 1. The fraction of sp³-hybridized carbons (Fsp3) is 0.105. The van der Waals surface area contributed by atoms with E-state index in [1.807, 2.05) is 0 Å². The van der Waals surface area contributed by atoms with Gasteiger partial charge in [-0.15, -0.1) is 0 Å². The van der Waals surface area contributed by atoms with Crippen molar-refractivity contribution in [2.24, 2.45) is 7.05 Å². The third-order valence-electron chi connectivity index (χ3n) is 4.15. The molecule has 9 nitrogen and oxygen atoms in total. The number of hydrogen-bond acceptors (Lipinski definition) is 6. The molecular formula is C19H16F2N4O5S. The summed E-state index contributed by atoms with van der Waals surface area (Å²) in [5.41, 5.74) is 0.364. The first-order valence-electron chi connectivity index (χ1n) is 8.50. The molecule has 4 aromatic rings. The predicted octanol–water partition coefficient (Wildman–Crippen LogP) is 2.54. The molecule has 162 valence electrons. The van der Waals surface area contributed by atoms with Crippen molar-refractivity contribution < 1.29 is 27.6 Å². The Labute approximate surface area is 176 Å². The molecule has 1 unspecified atom stereocenters. The van der Waals surface area contributed by atoms with E-state index >= 15 is 0 Å². The lowest BCUT2D eigenvalue weighted by atomic mass is 10.1. The lowest BCUT2D eigenvalue weighted by molar-refractivity contribution is 0.436. The van der Waals surface area contributed by atoms with Crippen molar-refractivity contribution in [1.29, 1.82) is 0 Å². The molecule has 0 amide bonds. The van der Waals surface area contributed by atoms with Gasteiger partial charge in [0.05, 0.1) is 12.5 Å². The summed E-state index contributed by atoms with van der Waals surface area (Å²) in [5.74, 6) is -1.84. The zero-order chi connectivity index (χ0) is 21.4. The Morgan fingerprint density at radius 2 is 2.00 bits per heavy atom. The predicted molar refractivity (Wildman–Crippen MR) is 110 cm³/mol. The molecule has 0 saturated heterocycles. The van der Waals surface area contributed by atoms with Gasteiger partial charge in [-0.1, -0.05) is 0 Å². The van der Waals surface area contributed by atoms with E-state index in [-0.39, 0.29) is 39.8 Å². The van der Waals surface area contributed by atoms with Crippen molar-refractivity contribution in [3.63, 3.8) is 0 Å². The highest BCUT2D eigenvalue weighted by atomic mass is 32.2. The fourth-order valence-electron chi connectivity index (χ4n) is 2.85. The van der Waals surface area contributed by atoms with Crippen LogP contribution >= 0.6 is 0 Å². The maximum atomic E-state index is 14.1. The van der Waals surface area contributed by atoms with Crippen LogP contribution in [-0.2, 0) is 18.0 Å². The third-order valence-corrected chi connectivity index (χ3v) is 4.62. The van der Waals surface area contributed by atoms with E-state index in [9.17, 15) is 17.8 Å². The van der Waals surface area contributed by atoms with E-state index in [0.29, 0.717) is 17.0 Å². The zero-order valence-electron chi connectivity index (χ0n) is 16.2. The van der Waals surface area contributed by atoms with Crippen LogP contribution in [0.4, 0.5) is 14.7 Å². The first-order valence-corrected chi connectivity index (χ1v) is 10.1. The maximum Gasteiger partial charge on any atom is 0.293 e. The largest absolute Gasteiger partial charge is 0.458 e. The van der Waals surface area contributed by atoms with Crippen molar-refractivity contribution in [2.45, 2.75) is 0 Å². The number of aryl methyl sites for hydroxylation is 1. The van der Waals surface area contributed by atoms with Crippen LogP contribution in [0, 0.1) is 11.6 Å². The summed E-state index contributed by atoms with van der Waals surface area (Å²) < 4.78 is 53.7. The van der Waals surface area contributed by atoms with Crippen LogP contribution in [0.3, 0.4) is 0 Å². The molecule has 1 aromatic carbocycles. The molecule has 0 aliphatic carbocycles. The fourth-order valence-corrected chi connectivity index (χ4v) is 3.21. The highest BCUT2D eigenvalue weighted by Crippen LogP contribution is 2.36. The number of fused-ring (bicyclic) bond motifs is 1. The second-order valence-corrected chi connectivity index (χ2v) is 7.37. The smallest absolute Gasteiger partial charge is 0.293 e. The first-order chi connectivity index (χ1) is 14.3. The van der Waals surface area contributed by atoms with Crippen LogP contribution in [0.25, 0.3) is 22.2 Å². The van der Waals surface area contributed by atoms with Gasteiger partial charge < -0.3 is 19.2 Å². The lowest BCUT2D eigenvalue weighted by Crippen LogP contribution is -2.16. The quantitative estimate of drug-likeness (QED) is 0.497. The number of ether oxygens (including phenoxy) is 1. The minimum Gasteiger partial charge on any atom is -0.458 e. The molecule has 0 bridgehead atoms. The molecule has 31 heavy (non-hydrogen) atoms. The average molecular weight is 450 g/mol. The van der Waals surface area contributed by atoms with Gasteiger partial charge in [0.25, 0.3) is 5.56 Å². The van der Waals surface area contributed by atoms with Crippen molar-refractivity contribution in [3.8, 4) is 22.8 Å². The Balaban J connectivity index is 0.00000272. The molecule has 3 heterocycles. The van der Waals surface area contributed by atoms with Crippen LogP contribution in [0.15, 0.2) is 52.1 Å². The van der Waals surface area contributed by atoms with Gasteiger partial charge in [-0.2, -0.15) is 0 Å². The highest BCUT2D eigenvalue weighted by molar-refractivity contribution is 7.85. The standard InChI is InChI=1S/C19H14F2N4O4S.H2O/c1-25-9-12(11-5-6-28-17(11)18(25)26)16-15(8-22-19(23-16)24-30(2)27)29-14-4-3-10(20)7-13(14)21;/h3-9H,1-2H3,(H,22,23,24);1H2. The van der Waals surface area contributed by atoms with E-state index in [1.165, 1.54) is 36.5 Å². The molecule has 3 N–H and O–H groups in total. The van der Waals surface area contributed by atoms with Gasteiger partial charge >= 0.3 is 0 Å². The number of halogens is 2. The SMILES string of the molecule is Cn1cc(-c2nc(NS(C)=O)ncc2Oc2ccc(F)cc2F)c2ccoc2c1=O.O. The second kappa shape index (κ2) is 8.62. The number of nitrogens with zero attached hydrogens (tertiary/aromatic N) is 3. The molecule has 4 rings (SSSR count). The first kappa shape index (κ1) is 22.1. The molecule has 3 aromatic heterocycles. The number of nitrogens with one attached hydrogen (secondary N) is 1. The third kappa shape index (κ3) is 4.29. The Bertz CT molecular complexity index is 1360. The Morgan fingerprint density at radius 1 is 1.23 bits per heavy atom. The molecule has 0 saturated carbocycles. The van der Waals surface area contributed by atoms with Crippen LogP contribution in [0.1, 0.15) is 0 Å². The van der Waals surface area contributed by atoms with Crippen LogP contribution in [0.5, 0.6) is 11.5 Å².